The van der Waals surface area contributed by atoms with Crippen LogP contribution in [0.4, 0.5) is 0 Å². The summed E-state index contributed by atoms with van der Waals surface area (Å²) in [7, 11) is 4.48. The van der Waals surface area contributed by atoms with E-state index in [1.165, 1.54) is 44.1 Å². The van der Waals surface area contributed by atoms with Crippen molar-refractivity contribution in [3.8, 4) is 5.75 Å². The Morgan fingerprint density at radius 3 is 2.26 bits per heavy atom. The smallest absolute Gasteiger partial charge is 0.122 e. The zero-order chi connectivity index (χ0) is 22.4. The predicted molar refractivity (Wildman–Crippen MR) is 132 cm³/mol. The fourth-order valence-electron chi connectivity index (χ4n) is 3.71. The summed E-state index contributed by atoms with van der Waals surface area (Å²) >= 11 is 6.00. The maximum absolute atomic E-state index is 6.24. The Hall–Kier alpha value is -1.55. The second-order valence-corrected chi connectivity index (χ2v) is 9.56. The Labute approximate surface area is 194 Å². The Morgan fingerprint density at radius 2 is 1.55 bits per heavy atom. The highest BCUT2D eigenvalue weighted by atomic mass is 35.5. The van der Waals surface area contributed by atoms with Crippen LogP contribution in [0.3, 0.4) is 0 Å². The van der Waals surface area contributed by atoms with Crippen molar-refractivity contribution in [1.29, 1.82) is 0 Å². The molecule has 4 heteroatoms. The molecule has 0 bridgehead atoms. The lowest BCUT2D eigenvalue weighted by Gasteiger charge is -2.30. The maximum atomic E-state index is 6.24. The molecule has 0 radical (unpaired) electrons. The van der Waals surface area contributed by atoms with Gasteiger partial charge in [-0.1, -0.05) is 81.0 Å². The fourth-order valence-corrected chi connectivity index (χ4v) is 3.84. The molecule has 2 aromatic carbocycles. The minimum Gasteiger partial charge on any atom is -0.488 e. The second-order valence-electron chi connectivity index (χ2n) is 9.13. The number of nitrogens with zero attached hydrogens (tertiary/aromatic N) is 1. The van der Waals surface area contributed by atoms with E-state index in [0.29, 0.717) is 6.61 Å². The first-order chi connectivity index (χ1) is 15.0. The van der Waals surface area contributed by atoms with E-state index in [-0.39, 0.29) is 6.10 Å². The van der Waals surface area contributed by atoms with E-state index < -0.39 is 0 Å². The number of ether oxygens (including phenoxy) is 2. The van der Waals surface area contributed by atoms with E-state index in [0.717, 1.165) is 41.4 Å². The zero-order valence-corrected chi connectivity index (χ0v) is 20.4. The number of halogens is 1. The number of quaternary nitrogens is 1. The van der Waals surface area contributed by atoms with Crippen LogP contribution in [0.15, 0.2) is 54.6 Å². The Kier molecular flexibility index (Phi) is 12.0. The summed E-state index contributed by atoms with van der Waals surface area (Å²) in [5.74, 6) is 0.931. The lowest BCUT2D eigenvalue weighted by Crippen LogP contribution is -2.41. The summed E-state index contributed by atoms with van der Waals surface area (Å²) in [4.78, 5) is 0. The summed E-state index contributed by atoms with van der Waals surface area (Å²) in [6, 6.07) is 18.3. The van der Waals surface area contributed by atoms with Gasteiger partial charge in [0.15, 0.2) is 0 Å². The van der Waals surface area contributed by atoms with Gasteiger partial charge in [-0.3, -0.25) is 0 Å². The van der Waals surface area contributed by atoms with Crippen molar-refractivity contribution in [3.05, 3.63) is 65.2 Å². The highest BCUT2D eigenvalue weighted by Crippen LogP contribution is 2.17. The van der Waals surface area contributed by atoms with Crippen LogP contribution in [-0.4, -0.2) is 44.4 Å². The molecule has 0 saturated heterocycles. The van der Waals surface area contributed by atoms with Gasteiger partial charge >= 0.3 is 0 Å². The van der Waals surface area contributed by atoms with Gasteiger partial charge < -0.3 is 14.0 Å². The van der Waals surface area contributed by atoms with Crippen LogP contribution in [0.1, 0.15) is 57.4 Å². The zero-order valence-electron chi connectivity index (χ0n) is 19.7. The number of unbranched alkanes of at least 4 members (excludes halogenated alkanes) is 5. The number of hydrogen-bond acceptors (Lipinski definition) is 2. The number of rotatable bonds is 16. The maximum Gasteiger partial charge on any atom is 0.122 e. The average Bonchev–Trinajstić information content (AvgIpc) is 2.75. The largest absolute Gasteiger partial charge is 0.488 e. The van der Waals surface area contributed by atoms with Crippen LogP contribution in [0.2, 0.25) is 5.02 Å². The Morgan fingerprint density at radius 1 is 0.871 bits per heavy atom. The molecule has 31 heavy (non-hydrogen) atoms. The molecule has 0 aromatic heterocycles. The van der Waals surface area contributed by atoms with Crippen LogP contribution in [-0.2, 0) is 11.3 Å². The number of hydrogen-bond donors (Lipinski definition) is 0. The minimum atomic E-state index is 0.112. The van der Waals surface area contributed by atoms with Gasteiger partial charge in [0.2, 0.25) is 0 Å². The molecule has 0 spiro atoms. The van der Waals surface area contributed by atoms with Crippen LogP contribution in [0.25, 0.3) is 0 Å². The van der Waals surface area contributed by atoms with E-state index in [1.54, 1.807) is 0 Å². The molecule has 2 aromatic rings. The van der Waals surface area contributed by atoms with Crippen LogP contribution in [0.5, 0.6) is 5.75 Å². The standard InChI is InChI=1S/C27H41ClNO2/c1-4-5-6-7-8-10-15-27(31-26-13-11-9-12-14-26)23-30-21-20-29(2,3)22-24-16-18-25(28)19-17-24/h9,11-14,16-19,27H,4-8,10,15,20-23H2,1-3H3/q+1. The van der Waals surface area contributed by atoms with Crippen LogP contribution < -0.4 is 4.74 Å². The summed E-state index contributed by atoms with van der Waals surface area (Å²) in [6.07, 6.45) is 8.94. The molecule has 1 unspecified atom stereocenters. The predicted octanol–water partition coefficient (Wildman–Crippen LogP) is 7.13. The molecule has 0 fully saturated rings. The first kappa shape index (κ1) is 25.7. The first-order valence-corrected chi connectivity index (χ1v) is 12.2. The van der Waals surface area contributed by atoms with E-state index in [9.17, 15) is 0 Å². The van der Waals surface area contributed by atoms with Gasteiger partial charge in [0, 0.05) is 10.6 Å². The Balaban J connectivity index is 1.75. The molecular formula is C27H41ClNO2+. The molecule has 172 valence electrons. The molecule has 0 aliphatic carbocycles. The molecule has 2 rings (SSSR count). The van der Waals surface area contributed by atoms with E-state index in [4.69, 9.17) is 21.1 Å². The third-order valence-electron chi connectivity index (χ3n) is 5.59. The Bertz CT molecular complexity index is 703. The molecule has 0 N–H and O–H groups in total. The van der Waals surface area contributed by atoms with E-state index in [2.05, 4.69) is 33.2 Å². The van der Waals surface area contributed by atoms with Gasteiger partial charge in [-0.25, -0.2) is 0 Å². The molecule has 0 saturated carbocycles. The molecule has 0 amide bonds. The highest BCUT2D eigenvalue weighted by molar-refractivity contribution is 6.30. The van der Waals surface area contributed by atoms with Gasteiger partial charge in [-0.15, -0.1) is 0 Å². The number of likely N-dealkylation sites (N-methyl/N-ethyl adjacent to an activating group) is 1. The van der Waals surface area contributed by atoms with Gasteiger partial charge in [-0.2, -0.15) is 0 Å². The van der Waals surface area contributed by atoms with Gasteiger partial charge in [0.1, 0.15) is 24.9 Å². The molecule has 0 aliphatic rings. The third kappa shape index (κ3) is 11.6. The second kappa shape index (κ2) is 14.5. The van der Waals surface area contributed by atoms with Crippen molar-refractivity contribution in [3.63, 3.8) is 0 Å². The van der Waals surface area contributed by atoms with Crippen molar-refractivity contribution in [1.82, 2.24) is 0 Å². The normalized spacial score (nSPS) is 12.6. The number of para-hydroxylation sites is 1. The minimum absolute atomic E-state index is 0.112. The average molecular weight is 447 g/mol. The molecular weight excluding hydrogens is 406 g/mol. The quantitative estimate of drug-likeness (QED) is 0.201. The first-order valence-electron chi connectivity index (χ1n) is 11.8. The van der Waals surface area contributed by atoms with E-state index >= 15 is 0 Å². The number of benzene rings is 2. The highest BCUT2D eigenvalue weighted by Gasteiger charge is 2.17. The van der Waals surface area contributed by atoms with Crippen molar-refractivity contribution in [2.75, 3.05) is 33.9 Å². The third-order valence-corrected chi connectivity index (χ3v) is 5.85. The van der Waals surface area contributed by atoms with Gasteiger partial charge in [-0.05, 0) is 37.1 Å². The van der Waals surface area contributed by atoms with Gasteiger partial charge in [0.05, 0.1) is 27.3 Å². The summed E-state index contributed by atoms with van der Waals surface area (Å²) in [5, 5.41) is 0.784. The summed E-state index contributed by atoms with van der Waals surface area (Å²) in [5.41, 5.74) is 1.29. The van der Waals surface area contributed by atoms with Crippen molar-refractivity contribution < 1.29 is 14.0 Å². The van der Waals surface area contributed by atoms with Crippen LogP contribution >= 0.6 is 11.6 Å². The van der Waals surface area contributed by atoms with Crippen molar-refractivity contribution >= 4 is 11.6 Å². The fraction of sp³-hybridized carbons (Fsp3) is 0.556. The van der Waals surface area contributed by atoms with Gasteiger partial charge in [0.25, 0.3) is 0 Å². The van der Waals surface area contributed by atoms with Crippen molar-refractivity contribution in [2.45, 2.75) is 64.5 Å². The topological polar surface area (TPSA) is 18.5 Å². The molecule has 0 aliphatic heterocycles. The summed E-state index contributed by atoms with van der Waals surface area (Å²) < 4.78 is 13.2. The molecule has 3 nitrogen and oxygen atoms in total. The lowest BCUT2D eigenvalue weighted by atomic mass is 10.1. The summed E-state index contributed by atoms with van der Waals surface area (Å²) in [6.45, 7) is 5.55. The lowest BCUT2D eigenvalue weighted by molar-refractivity contribution is -0.904. The SMILES string of the molecule is CCCCCCCCC(COCC[N+](C)(C)Cc1ccc(Cl)cc1)Oc1ccccc1. The molecule has 0 heterocycles. The molecule has 1 atom stereocenters. The van der Waals surface area contributed by atoms with Crippen molar-refractivity contribution in [2.24, 2.45) is 0 Å². The van der Waals surface area contributed by atoms with E-state index in [1.807, 2.05) is 42.5 Å². The van der Waals surface area contributed by atoms with Crippen LogP contribution in [0, 0.1) is 0 Å². The monoisotopic (exact) mass is 446 g/mol.